The Labute approximate surface area is 88.3 Å². The monoisotopic (exact) mass is 203 g/mol. The van der Waals surface area contributed by atoms with Crippen molar-refractivity contribution < 1.29 is 9.90 Å². The molecule has 0 spiro atoms. The Morgan fingerprint density at radius 1 is 1.40 bits per heavy atom. The summed E-state index contributed by atoms with van der Waals surface area (Å²) in [4.78, 5) is 13.4. The molecule has 0 atom stereocenters. The van der Waals surface area contributed by atoms with Gasteiger partial charge in [-0.25, -0.2) is 4.79 Å². The van der Waals surface area contributed by atoms with Crippen LogP contribution in [-0.4, -0.2) is 23.7 Å². The molecule has 1 aliphatic heterocycles. The lowest BCUT2D eigenvalue weighted by molar-refractivity contribution is 0.0696. The average molecular weight is 203 g/mol. The summed E-state index contributed by atoms with van der Waals surface area (Å²) < 4.78 is 0. The van der Waals surface area contributed by atoms with Gasteiger partial charge in [0.25, 0.3) is 0 Å². The fourth-order valence-corrected chi connectivity index (χ4v) is 2.43. The maximum Gasteiger partial charge on any atom is 0.336 e. The molecule has 1 aliphatic carbocycles. The standard InChI is InChI=1S/C12H13NO2/c14-12(15)10-2-1-3-11-9(10)6-7-13(11)8-4-5-8/h1-3,8H,4-7H2,(H,14,15). The molecule has 1 N–H and O–H groups in total. The molecular weight excluding hydrogens is 190 g/mol. The summed E-state index contributed by atoms with van der Waals surface area (Å²) in [5, 5.41) is 9.07. The van der Waals surface area contributed by atoms with Gasteiger partial charge < -0.3 is 10.0 Å². The second-order valence-electron chi connectivity index (χ2n) is 4.28. The molecule has 0 bridgehead atoms. The van der Waals surface area contributed by atoms with Crippen LogP contribution in [0, 0.1) is 0 Å². The zero-order chi connectivity index (χ0) is 10.4. The van der Waals surface area contributed by atoms with Crippen LogP contribution in [0.25, 0.3) is 0 Å². The highest BCUT2D eigenvalue weighted by Crippen LogP contribution is 2.38. The van der Waals surface area contributed by atoms with Crippen LogP contribution in [0.2, 0.25) is 0 Å². The number of hydrogen-bond donors (Lipinski definition) is 1. The van der Waals surface area contributed by atoms with Crippen LogP contribution in [0.15, 0.2) is 18.2 Å². The lowest BCUT2D eigenvalue weighted by Gasteiger charge is -2.18. The molecule has 0 aromatic heterocycles. The topological polar surface area (TPSA) is 40.5 Å². The van der Waals surface area contributed by atoms with E-state index in [9.17, 15) is 4.79 Å². The van der Waals surface area contributed by atoms with Gasteiger partial charge in [-0.3, -0.25) is 0 Å². The van der Waals surface area contributed by atoms with Gasteiger partial charge in [0.1, 0.15) is 0 Å². The van der Waals surface area contributed by atoms with Gasteiger partial charge in [0.15, 0.2) is 0 Å². The van der Waals surface area contributed by atoms with Crippen LogP contribution in [0.3, 0.4) is 0 Å². The quantitative estimate of drug-likeness (QED) is 0.798. The minimum absolute atomic E-state index is 0.482. The number of nitrogens with zero attached hydrogens (tertiary/aromatic N) is 1. The predicted molar refractivity (Wildman–Crippen MR) is 57.5 cm³/mol. The molecule has 1 aromatic rings. The summed E-state index contributed by atoms with van der Waals surface area (Å²) in [5.74, 6) is -0.801. The molecule has 3 nitrogen and oxygen atoms in total. The molecule has 1 aromatic carbocycles. The van der Waals surface area contributed by atoms with Gasteiger partial charge in [0.2, 0.25) is 0 Å². The first-order valence-corrected chi connectivity index (χ1v) is 5.39. The third-order valence-corrected chi connectivity index (χ3v) is 3.28. The smallest absolute Gasteiger partial charge is 0.336 e. The number of rotatable bonds is 2. The summed E-state index contributed by atoms with van der Waals surface area (Å²) in [6, 6.07) is 6.28. The fourth-order valence-electron chi connectivity index (χ4n) is 2.43. The Balaban J connectivity index is 2.06. The fraction of sp³-hybridized carbons (Fsp3) is 0.417. The van der Waals surface area contributed by atoms with Crippen molar-refractivity contribution in [1.29, 1.82) is 0 Å². The maximum absolute atomic E-state index is 11.0. The number of carboxylic acids is 1. The van der Waals surface area contributed by atoms with Crippen molar-refractivity contribution >= 4 is 11.7 Å². The lowest BCUT2D eigenvalue weighted by atomic mass is 10.1. The van der Waals surface area contributed by atoms with Gasteiger partial charge in [0.05, 0.1) is 5.56 Å². The second-order valence-corrected chi connectivity index (χ2v) is 4.28. The first-order valence-electron chi connectivity index (χ1n) is 5.39. The van der Waals surface area contributed by atoms with E-state index in [1.165, 1.54) is 12.8 Å². The van der Waals surface area contributed by atoms with E-state index in [1.807, 2.05) is 12.1 Å². The molecule has 0 radical (unpaired) electrons. The summed E-state index contributed by atoms with van der Waals surface area (Å²) in [6.45, 7) is 0.990. The van der Waals surface area contributed by atoms with Crippen LogP contribution in [0.4, 0.5) is 5.69 Å². The van der Waals surface area contributed by atoms with Gasteiger partial charge in [-0.1, -0.05) is 6.07 Å². The molecule has 0 saturated heterocycles. The summed E-state index contributed by atoms with van der Waals surface area (Å²) in [7, 11) is 0. The van der Waals surface area contributed by atoms with Gasteiger partial charge in [-0.15, -0.1) is 0 Å². The largest absolute Gasteiger partial charge is 0.478 e. The first kappa shape index (κ1) is 8.77. The highest BCUT2D eigenvalue weighted by atomic mass is 16.4. The number of benzene rings is 1. The van der Waals surface area contributed by atoms with Crippen LogP contribution < -0.4 is 4.90 Å². The lowest BCUT2D eigenvalue weighted by Crippen LogP contribution is -2.22. The molecule has 2 aliphatic rings. The van der Waals surface area contributed by atoms with Gasteiger partial charge >= 0.3 is 5.97 Å². The van der Waals surface area contributed by atoms with Gasteiger partial charge in [0, 0.05) is 18.3 Å². The van der Waals surface area contributed by atoms with E-state index in [-0.39, 0.29) is 0 Å². The van der Waals surface area contributed by atoms with E-state index < -0.39 is 5.97 Å². The Kier molecular flexibility index (Phi) is 1.75. The Morgan fingerprint density at radius 3 is 2.87 bits per heavy atom. The SMILES string of the molecule is O=C(O)c1cccc2c1CCN2C1CC1. The van der Waals surface area contributed by atoms with E-state index in [1.54, 1.807) is 6.07 Å². The number of anilines is 1. The number of carboxylic acid groups (broad SMARTS) is 1. The van der Waals surface area contributed by atoms with E-state index in [0.29, 0.717) is 11.6 Å². The van der Waals surface area contributed by atoms with E-state index in [4.69, 9.17) is 5.11 Å². The molecule has 0 amide bonds. The van der Waals surface area contributed by atoms with E-state index >= 15 is 0 Å². The van der Waals surface area contributed by atoms with E-state index in [2.05, 4.69) is 4.90 Å². The molecule has 1 heterocycles. The van der Waals surface area contributed by atoms with Crippen LogP contribution in [0.5, 0.6) is 0 Å². The Bertz CT molecular complexity index is 424. The van der Waals surface area contributed by atoms with Crippen molar-refractivity contribution in [3.63, 3.8) is 0 Å². The van der Waals surface area contributed by atoms with Crippen molar-refractivity contribution in [3.05, 3.63) is 29.3 Å². The van der Waals surface area contributed by atoms with Crippen molar-refractivity contribution in [2.75, 3.05) is 11.4 Å². The van der Waals surface area contributed by atoms with Crippen molar-refractivity contribution in [3.8, 4) is 0 Å². The van der Waals surface area contributed by atoms with Gasteiger partial charge in [-0.2, -0.15) is 0 Å². The van der Waals surface area contributed by atoms with E-state index in [0.717, 1.165) is 24.2 Å². The zero-order valence-corrected chi connectivity index (χ0v) is 8.44. The Morgan fingerprint density at radius 2 is 2.20 bits per heavy atom. The number of fused-ring (bicyclic) bond motifs is 1. The van der Waals surface area contributed by atoms with Crippen molar-refractivity contribution in [2.45, 2.75) is 25.3 Å². The van der Waals surface area contributed by atoms with Crippen LogP contribution >= 0.6 is 0 Å². The molecule has 1 fully saturated rings. The number of hydrogen-bond acceptors (Lipinski definition) is 2. The molecule has 3 heteroatoms. The summed E-state index contributed by atoms with van der Waals surface area (Å²) in [5.41, 5.74) is 2.66. The molecule has 1 saturated carbocycles. The normalized spacial score (nSPS) is 19.1. The van der Waals surface area contributed by atoms with Gasteiger partial charge in [-0.05, 0) is 37.0 Å². The first-order chi connectivity index (χ1) is 7.27. The molecule has 3 rings (SSSR count). The minimum Gasteiger partial charge on any atom is -0.478 e. The third kappa shape index (κ3) is 1.30. The molecular formula is C12H13NO2. The second kappa shape index (κ2) is 2.99. The highest BCUT2D eigenvalue weighted by molar-refractivity contribution is 5.92. The maximum atomic E-state index is 11.0. The summed E-state index contributed by atoms with van der Waals surface area (Å²) >= 11 is 0. The van der Waals surface area contributed by atoms with Crippen molar-refractivity contribution in [2.24, 2.45) is 0 Å². The molecule has 78 valence electrons. The molecule has 0 unspecified atom stereocenters. The molecule has 15 heavy (non-hydrogen) atoms. The highest BCUT2D eigenvalue weighted by Gasteiger charge is 2.34. The number of aromatic carboxylic acids is 1. The van der Waals surface area contributed by atoms with Crippen LogP contribution in [0.1, 0.15) is 28.8 Å². The van der Waals surface area contributed by atoms with Crippen molar-refractivity contribution in [1.82, 2.24) is 0 Å². The summed E-state index contributed by atoms with van der Waals surface area (Å²) in [6.07, 6.45) is 3.40. The third-order valence-electron chi connectivity index (χ3n) is 3.28. The average Bonchev–Trinajstić information content (AvgIpc) is 2.97. The minimum atomic E-state index is -0.801. The van der Waals surface area contributed by atoms with Crippen LogP contribution in [-0.2, 0) is 6.42 Å². The predicted octanol–water partition coefficient (Wildman–Crippen LogP) is 1.91. The number of carbonyl (C=O) groups is 1. The Hall–Kier alpha value is -1.51. The zero-order valence-electron chi connectivity index (χ0n) is 8.44.